The number of benzene rings is 2. The molecule has 2 aromatic carbocycles. The van der Waals surface area contributed by atoms with E-state index in [4.69, 9.17) is 4.74 Å². The molecular weight excluding hydrogens is 398 g/mol. The molecule has 3 rings (SSSR count). The minimum atomic E-state index is -0.794. The van der Waals surface area contributed by atoms with Gasteiger partial charge in [0.2, 0.25) is 5.91 Å². The fourth-order valence-electron chi connectivity index (χ4n) is 3.06. The molecule has 0 saturated heterocycles. The van der Waals surface area contributed by atoms with Crippen molar-refractivity contribution in [2.75, 3.05) is 11.9 Å². The molecule has 0 unspecified atom stereocenters. The van der Waals surface area contributed by atoms with Gasteiger partial charge in [0, 0.05) is 30.1 Å². The van der Waals surface area contributed by atoms with Crippen LogP contribution < -0.4 is 10.9 Å². The Labute approximate surface area is 178 Å². The van der Waals surface area contributed by atoms with E-state index in [1.54, 1.807) is 48.5 Å². The Morgan fingerprint density at radius 3 is 2.32 bits per heavy atom. The van der Waals surface area contributed by atoms with Gasteiger partial charge < -0.3 is 10.1 Å². The first kappa shape index (κ1) is 21.9. The molecule has 0 bridgehead atoms. The number of amides is 1. The summed E-state index contributed by atoms with van der Waals surface area (Å²) >= 11 is 0. The Morgan fingerprint density at radius 1 is 1.03 bits per heavy atom. The van der Waals surface area contributed by atoms with Gasteiger partial charge in [0.15, 0.2) is 18.1 Å². The van der Waals surface area contributed by atoms with Crippen molar-refractivity contribution in [1.29, 1.82) is 0 Å². The van der Waals surface area contributed by atoms with Crippen LogP contribution in [-0.2, 0) is 16.6 Å². The molecule has 0 aliphatic heterocycles. The largest absolute Gasteiger partial charge is 0.452 e. The second kappa shape index (κ2) is 9.34. The number of aromatic nitrogens is 2. The number of aryl methyl sites for hydroxylation is 1. The fourth-order valence-corrected chi connectivity index (χ4v) is 3.06. The number of hydrogen-bond donors (Lipinski definition) is 1. The van der Waals surface area contributed by atoms with E-state index in [1.165, 1.54) is 7.05 Å². The predicted octanol–water partition coefficient (Wildman–Crippen LogP) is 2.96. The molecular formula is C23H23N3O5. The summed E-state index contributed by atoms with van der Waals surface area (Å²) in [6.07, 6.45) is 0.407. The summed E-state index contributed by atoms with van der Waals surface area (Å²) in [5.74, 6) is -1.05. The highest BCUT2D eigenvalue weighted by Gasteiger charge is 2.18. The third-order valence-electron chi connectivity index (χ3n) is 4.57. The Kier molecular flexibility index (Phi) is 6.59. The van der Waals surface area contributed by atoms with Gasteiger partial charge in [-0.05, 0) is 36.2 Å². The first-order valence-electron chi connectivity index (χ1n) is 9.82. The number of esters is 1. The number of ketones is 1. The summed E-state index contributed by atoms with van der Waals surface area (Å²) in [5.41, 5.74) is 0.561. The van der Waals surface area contributed by atoms with E-state index in [1.807, 2.05) is 13.8 Å². The maximum atomic E-state index is 12.5. The minimum absolute atomic E-state index is 0.0336. The summed E-state index contributed by atoms with van der Waals surface area (Å²) in [7, 11) is 1.44. The van der Waals surface area contributed by atoms with Crippen LogP contribution in [0.15, 0.2) is 53.3 Å². The molecule has 3 aromatic rings. The van der Waals surface area contributed by atoms with Crippen molar-refractivity contribution in [2.45, 2.75) is 20.3 Å². The molecule has 31 heavy (non-hydrogen) atoms. The summed E-state index contributed by atoms with van der Waals surface area (Å²) in [6.45, 7) is 3.43. The van der Waals surface area contributed by atoms with Crippen molar-refractivity contribution in [2.24, 2.45) is 13.0 Å². The number of hydrogen-bond acceptors (Lipinski definition) is 6. The van der Waals surface area contributed by atoms with Gasteiger partial charge >= 0.3 is 5.97 Å². The Morgan fingerprint density at radius 2 is 1.68 bits per heavy atom. The zero-order valence-electron chi connectivity index (χ0n) is 17.5. The average molecular weight is 421 g/mol. The number of anilines is 1. The number of carbonyl (C=O) groups excluding carboxylic acids is 3. The topological polar surface area (TPSA) is 107 Å². The smallest absolute Gasteiger partial charge is 0.359 e. The molecule has 0 radical (unpaired) electrons. The van der Waals surface area contributed by atoms with Crippen molar-refractivity contribution in [3.63, 3.8) is 0 Å². The van der Waals surface area contributed by atoms with Gasteiger partial charge in [0.05, 0.1) is 5.39 Å². The second-order valence-electron chi connectivity index (χ2n) is 7.55. The van der Waals surface area contributed by atoms with Gasteiger partial charge in [-0.1, -0.05) is 32.0 Å². The molecule has 1 heterocycles. The lowest BCUT2D eigenvalue weighted by Crippen LogP contribution is -2.24. The molecule has 0 atom stereocenters. The van der Waals surface area contributed by atoms with Crippen molar-refractivity contribution in [3.05, 3.63) is 70.1 Å². The zero-order valence-corrected chi connectivity index (χ0v) is 17.5. The molecule has 0 aliphatic rings. The van der Waals surface area contributed by atoms with E-state index in [-0.39, 0.29) is 23.1 Å². The number of rotatable bonds is 7. The van der Waals surface area contributed by atoms with Crippen LogP contribution in [0.25, 0.3) is 10.8 Å². The predicted molar refractivity (Wildman–Crippen MR) is 116 cm³/mol. The number of carbonyl (C=O) groups is 3. The quantitative estimate of drug-likeness (QED) is 0.464. The lowest BCUT2D eigenvalue weighted by atomic mass is 10.1. The maximum absolute atomic E-state index is 12.5. The highest BCUT2D eigenvalue weighted by Crippen LogP contribution is 2.15. The van der Waals surface area contributed by atoms with Crippen LogP contribution in [0, 0.1) is 5.92 Å². The van der Waals surface area contributed by atoms with Crippen LogP contribution in [0.3, 0.4) is 0 Å². The number of ether oxygens (including phenoxy) is 1. The Balaban J connectivity index is 1.67. The molecule has 0 aliphatic carbocycles. The molecule has 1 aromatic heterocycles. The van der Waals surface area contributed by atoms with Crippen molar-refractivity contribution < 1.29 is 19.1 Å². The first-order chi connectivity index (χ1) is 14.8. The Bertz CT molecular complexity index is 1200. The molecule has 8 nitrogen and oxygen atoms in total. The van der Waals surface area contributed by atoms with Gasteiger partial charge in [-0.25, -0.2) is 9.48 Å². The Hall–Kier alpha value is -3.81. The number of Topliss-reactive ketones (excluding diaryl/α,β-unsaturated/α-hetero) is 1. The highest BCUT2D eigenvalue weighted by atomic mass is 16.5. The summed E-state index contributed by atoms with van der Waals surface area (Å²) in [6, 6.07) is 12.9. The molecule has 0 saturated carbocycles. The van der Waals surface area contributed by atoms with Crippen LogP contribution in [-0.4, -0.2) is 34.0 Å². The van der Waals surface area contributed by atoms with E-state index < -0.39 is 18.4 Å². The van der Waals surface area contributed by atoms with Gasteiger partial charge in [-0.2, -0.15) is 5.10 Å². The van der Waals surface area contributed by atoms with E-state index in [2.05, 4.69) is 10.4 Å². The highest BCUT2D eigenvalue weighted by molar-refractivity contribution is 6.04. The minimum Gasteiger partial charge on any atom is -0.452 e. The molecule has 1 amide bonds. The van der Waals surface area contributed by atoms with Crippen LogP contribution in [0.4, 0.5) is 5.69 Å². The lowest BCUT2D eigenvalue weighted by Gasteiger charge is -2.09. The van der Waals surface area contributed by atoms with E-state index >= 15 is 0 Å². The molecule has 160 valence electrons. The normalized spacial score (nSPS) is 10.8. The monoisotopic (exact) mass is 421 g/mol. The van der Waals surface area contributed by atoms with Crippen LogP contribution >= 0.6 is 0 Å². The molecule has 8 heteroatoms. The van der Waals surface area contributed by atoms with Crippen LogP contribution in [0.5, 0.6) is 0 Å². The van der Waals surface area contributed by atoms with Crippen molar-refractivity contribution in [1.82, 2.24) is 9.78 Å². The maximum Gasteiger partial charge on any atom is 0.359 e. The lowest BCUT2D eigenvalue weighted by molar-refractivity contribution is -0.116. The van der Waals surface area contributed by atoms with Crippen LogP contribution in [0.2, 0.25) is 0 Å². The summed E-state index contributed by atoms with van der Waals surface area (Å²) in [4.78, 5) is 48.9. The standard InChI is InChI=1S/C23H23N3O5/c1-14(2)12-20(28)24-16-10-8-15(9-11-16)19(27)13-31-23(30)21-17-6-4-5-7-18(17)22(29)26(3)25-21/h4-11,14H,12-13H2,1-3H3,(H,24,28). The second-order valence-corrected chi connectivity index (χ2v) is 7.55. The molecule has 0 fully saturated rings. The van der Waals surface area contributed by atoms with Gasteiger partial charge in [-0.3, -0.25) is 14.4 Å². The summed E-state index contributed by atoms with van der Waals surface area (Å²) < 4.78 is 6.21. The number of fused-ring (bicyclic) bond motifs is 1. The van der Waals surface area contributed by atoms with E-state index in [9.17, 15) is 19.2 Å². The van der Waals surface area contributed by atoms with E-state index in [0.717, 1.165) is 4.68 Å². The first-order valence-corrected chi connectivity index (χ1v) is 9.82. The van der Waals surface area contributed by atoms with Crippen LogP contribution in [0.1, 0.15) is 41.1 Å². The third-order valence-corrected chi connectivity index (χ3v) is 4.57. The third kappa shape index (κ3) is 5.22. The SMILES string of the molecule is CC(C)CC(=O)Nc1ccc(C(=O)COC(=O)c2nn(C)c(=O)c3ccccc23)cc1. The molecule has 0 spiro atoms. The van der Waals surface area contributed by atoms with Gasteiger partial charge in [0.25, 0.3) is 5.56 Å². The average Bonchev–Trinajstić information content (AvgIpc) is 2.74. The summed E-state index contributed by atoms with van der Waals surface area (Å²) in [5, 5.41) is 7.46. The zero-order chi connectivity index (χ0) is 22.5. The number of nitrogens with one attached hydrogen (secondary N) is 1. The van der Waals surface area contributed by atoms with E-state index in [0.29, 0.717) is 28.4 Å². The number of nitrogens with zero attached hydrogens (tertiary/aromatic N) is 2. The molecule has 1 N–H and O–H groups in total. The van der Waals surface area contributed by atoms with Gasteiger partial charge in [0.1, 0.15) is 0 Å². The van der Waals surface area contributed by atoms with Crippen molar-refractivity contribution >= 4 is 34.1 Å². The van der Waals surface area contributed by atoms with Gasteiger partial charge in [-0.15, -0.1) is 0 Å². The van der Waals surface area contributed by atoms with Crippen molar-refractivity contribution in [3.8, 4) is 0 Å². The fraction of sp³-hybridized carbons (Fsp3) is 0.261.